The summed E-state index contributed by atoms with van der Waals surface area (Å²) in [7, 11) is 0. The first-order chi connectivity index (χ1) is 38.7. The van der Waals surface area contributed by atoms with Crippen LogP contribution in [0, 0.1) is 0 Å². The maximum atomic E-state index is 13.2. The van der Waals surface area contributed by atoms with Crippen molar-refractivity contribution in [3.63, 3.8) is 0 Å². The van der Waals surface area contributed by atoms with E-state index in [4.69, 9.17) is 9.47 Å². The van der Waals surface area contributed by atoms with Crippen molar-refractivity contribution in [3.8, 4) is 0 Å². The third-order valence-corrected chi connectivity index (χ3v) is 16.7. The third kappa shape index (κ3) is 44.7. The largest absolute Gasteiger partial charge is 0.394 e. The lowest BCUT2D eigenvalue weighted by Crippen LogP contribution is -2.60. The molecule has 0 aliphatic carbocycles. The SMILES string of the molecule is CCCCCCCCCCCCCC/C=C\CCCCCCCCCCCCC(O)C(=O)NC(COC1OC(CO)C(O)C(O)C1O)C(O)C(O)CCC/C=C/CCCCCCCCCCCCCCCCCCCCCCC. The Morgan fingerprint density at radius 1 is 0.430 bits per heavy atom. The maximum absolute atomic E-state index is 13.2. The van der Waals surface area contributed by atoms with E-state index < -0.39 is 74.2 Å². The summed E-state index contributed by atoms with van der Waals surface area (Å²) in [5.41, 5.74) is 0. The molecule has 9 atom stereocenters. The molecule has 1 saturated heterocycles. The van der Waals surface area contributed by atoms with Crippen LogP contribution in [0.15, 0.2) is 24.3 Å². The molecular weight excluding hydrogens is 991 g/mol. The van der Waals surface area contributed by atoms with Crippen molar-refractivity contribution < 1.29 is 50.0 Å². The van der Waals surface area contributed by atoms with Crippen LogP contribution in [0.1, 0.15) is 335 Å². The molecule has 11 heteroatoms. The van der Waals surface area contributed by atoms with Gasteiger partial charge in [0.2, 0.25) is 5.91 Å². The monoisotopic (exact) mass is 1120 g/mol. The summed E-state index contributed by atoms with van der Waals surface area (Å²) in [6.07, 6.45) is 59.7. The molecule has 0 bridgehead atoms. The lowest BCUT2D eigenvalue weighted by Gasteiger charge is -2.40. The summed E-state index contributed by atoms with van der Waals surface area (Å²) in [6.45, 7) is 3.50. The Balaban J connectivity index is 2.24. The van der Waals surface area contributed by atoms with Gasteiger partial charge < -0.3 is 50.5 Å². The smallest absolute Gasteiger partial charge is 0.249 e. The van der Waals surface area contributed by atoms with Crippen molar-refractivity contribution in [1.29, 1.82) is 0 Å². The van der Waals surface area contributed by atoms with E-state index in [-0.39, 0.29) is 12.8 Å². The van der Waals surface area contributed by atoms with Gasteiger partial charge in [0.05, 0.1) is 25.4 Å². The highest BCUT2D eigenvalue weighted by atomic mass is 16.7. The van der Waals surface area contributed by atoms with Gasteiger partial charge >= 0.3 is 0 Å². The van der Waals surface area contributed by atoms with E-state index in [9.17, 15) is 40.5 Å². The molecule has 1 fully saturated rings. The van der Waals surface area contributed by atoms with E-state index >= 15 is 0 Å². The molecule has 0 saturated carbocycles. The van der Waals surface area contributed by atoms with Crippen LogP contribution < -0.4 is 5.32 Å². The van der Waals surface area contributed by atoms with Gasteiger partial charge in [0.1, 0.15) is 36.6 Å². The van der Waals surface area contributed by atoms with Gasteiger partial charge in [0.25, 0.3) is 0 Å². The summed E-state index contributed by atoms with van der Waals surface area (Å²) in [5.74, 6) is -0.702. The number of ether oxygens (including phenoxy) is 2. The second-order valence-corrected chi connectivity index (χ2v) is 24.2. The van der Waals surface area contributed by atoms with Crippen molar-refractivity contribution in [1.82, 2.24) is 5.32 Å². The van der Waals surface area contributed by atoms with Crippen LogP contribution in [0.4, 0.5) is 0 Å². The van der Waals surface area contributed by atoms with Gasteiger partial charge in [-0.05, 0) is 64.2 Å². The Labute approximate surface area is 486 Å². The molecule has 8 N–H and O–H groups in total. The quantitative estimate of drug-likeness (QED) is 0.0215. The number of aliphatic hydroxyl groups excluding tert-OH is 7. The van der Waals surface area contributed by atoms with Crippen molar-refractivity contribution in [2.75, 3.05) is 13.2 Å². The highest BCUT2D eigenvalue weighted by Gasteiger charge is 2.44. The van der Waals surface area contributed by atoms with Crippen LogP contribution in [0.25, 0.3) is 0 Å². The number of rotatable bonds is 60. The third-order valence-electron chi connectivity index (χ3n) is 16.7. The molecule has 0 aromatic carbocycles. The first-order valence-electron chi connectivity index (χ1n) is 34.2. The van der Waals surface area contributed by atoms with Gasteiger partial charge in [0, 0.05) is 0 Å². The highest BCUT2D eigenvalue weighted by molar-refractivity contribution is 5.80. The lowest BCUT2D eigenvalue weighted by atomic mass is 9.98. The van der Waals surface area contributed by atoms with Crippen molar-refractivity contribution in [3.05, 3.63) is 24.3 Å². The molecule has 468 valence electrons. The van der Waals surface area contributed by atoms with Crippen LogP contribution in [-0.4, -0.2) is 110 Å². The predicted molar refractivity (Wildman–Crippen MR) is 330 cm³/mol. The summed E-state index contributed by atoms with van der Waals surface area (Å²) < 4.78 is 11.2. The first-order valence-corrected chi connectivity index (χ1v) is 34.2. The molecule has 1 amide bonds. The maximum Gasteiger partial charge on any atom is 0.249 e. The molecule has 0 radical (unpaired) electrons. The van der Waals surface area contributed by atoms with Gasteiger partial charge in [-0.3, -0.25) is 4.79 Å². The van der Waals surface area contributed by atoms with Gasteiger partial charge in [-0.25, -0.2) is 0 Å². The second kappa shape index (κ2) is 57.0. The molecule has 1 heterocycles. The fraction of sp³-hybridized carbons (Fsp3) is 0.926. The van der Waals surface area contributed by atoms with E-state index in [0.717, 1.165) is 38.5 Å². The molecule has 0 aromatic heterocycles. The fourth-order valence-corrected chi connectivity index (χ4v) is 11.2. The Hall–Kier alpha value is -1.41. The summed E-state index contributed by atoms with van der Waals surface area (Å²) in [4.78, 5) is 13.2. The van der Waals surface area contributed by atoms with Crippen LogP contribution in [0.2, 0.25) is 0 Å². The highest BCUT2D eigenvalue weighted by Crippen LogP contribution is 2.24. The van der Waals surface area contributed by atoms with E-state index in [0.29, 0.717) is 12.8 Å². The van der Waals surface area contributed by atoms with Crippen molar-refractivity contribution in [2.24, 2.45) is 0 Å². The van der Waals surface area contributed by atoms with Gasteiger partial charge in [-0.1, -0.05) is 295 Å². The number of hydrogen-bond acceptors (Lipinski definition) is 10. The molecule has 79 heavy (non-hydrogen) atoms. The minimum atomic E-state index is -1.67. The Kier molecular flexibility index (Phi) is 54.6. The standard InChI is InChI=1S/C68H131NO10/c1-3-5-7-9-11-13-15-17-19-21-23-25-27-29-31-33-35-37-39-41-43-45-47-49-51-53-55-60(71)63(73)59(58-78-68-66(76)65(75)64(74)62(57-70)79-68)69-67(77)61(72)56-54-52-50-48-46-44-42-40-38-36-34-32-30-28-26-24-22-20-18-16-14-12-10-8-6-4-2/h30,32,47,49,59-66,68,70-76H,3-29,31,33-46,48,50-58H2,1-2H3,(H,69,77)/b32-30-,49-47+. The van der Waals surface area contributed by atoms with Gasteiger partial charge in [0.15, 0.2) is 6.29 Å². The predicted octanol–water partition coefficient (Wildman–Crippen LogP) is 16.0. The lowest BCUT2D eigenvalue weighted by molar-refractivity contribution is -0.303. The van der Waals surface area contributed by atoms with Crippen LogP contribution in [-0.2, 0) is 14.3 Å². The zero-order valence-electron chi connectivity index (χ0n) is 51.6. The normalized spacial score (nSPS) is 19.4. The van der Waals surface area contributed by atoms with Gasteiger partial charge in [-0.15, -0.1) is 0 Å². The van der Waals surface area contributed by atoms with Gasteiger partial charge in [-0.2, -0.15) is 0 Å². The molecule has 0 spiro atoms. The van der Waals surface area contributed by atoms with Crippen molar-refractivity contribution >= 4 is 5.91 Å². The molecule has 1 rings (SSSR count). The Morgan fingerprint density at radius 3 is 1.09 bits per heavy atom. The van der Waals surface area contributed by atoms with E-state index in [1.54, 1.807) is 0 Å². The summed E-state index contributed by atoms with van der Waals surface area (Å²) in [5, 5.41) is 76.4. The summed E-state index contributed by atoms with van der Waals surface area (Å²) >= 11 is 0. The van der Waals surface area contributed by atoms with Crippen LogP contribution in [0.3, 0.4) is 0 Å². The molecule has 1 aliphatic rings. The summed E-state index contributed by atoms with van der Waals surface area (Å²) in [6, 6.07) is -1.19. The average Bonchev–Trinajstić information content (AvgIpc) is 3.46. The molecule has 0 aromatic rings. The fourth-order valence-electron chi connectivity index (χ4n) is 11.2. The van der Waals surface area contributed by atoms with Crippen LogP contribution in [0.5, 0.6) is 0 Å². The topological polar surface area (TPSA) is 189 Å². The molecule has 11 nitrogen and oxygen atoms in total. The number of hydrogen-bond donors (Lipinski definition) is 8. The number of unbranched alkanes of at least 4 members (excludes halogenated alkanes) is 44. The number of nitrogens with one attached hydrogen (secondary N) is 1. The van der Waals surface area contributed by atoms with E-state index in [1.807, 2.05) is 0 Å². The minimum Gasteiger partial charge on any atom is -0.394 e. The van der Waals surface area contributed by atoms with E-state index in [1.165, 1.54) is 257 Å². The Bertz CT molecular complexity index is 1330. The zero-order chi connectivity index (χ0) is 57.5. The molecule has 1 aliphatic heterocycles. The second-order valence-electron chi connectivity index (χ2n) is 24.2. The number of aliphatic hydroxyl groups is 7. The molecule has 9 unspecified atom stereocenters. The average molecular weight is 1120 g/mol. The van der Waals surface area contributed by atoms with Crippen molar-refractivity contribution in [2.45, 2.75) is 390 Å². The number of amides is 1. The first kappa shape index (κ1) is 75.6. The number of carbonyl (C=O) groups excluding carboxylic acids is 1. The van der Waals surface area contributed by atoms with Crippen LogP contribution >= 0.6 is 0 Å². The van der Waals surface area contributed by atoms with E-state index in [2.05, 4.69) is 43.5 Å². The molecular formula is C68H131NO10. The minimum absolute atomic E-state index is 0.254. The Morgan fingerprint density at radius 2 is 0.747 bits per heavy atom. The number of allylic oxidation sites excluding steroid dienone is 4. The zero-order valence-corrected chi connectivity index (χ0v) is 51.6. The number of carbonyl (C=O) groups is 1.